The number of aromatic nitrogens is 1. The van der Waals surface area contributed by atoms with Gasteiger partial charge in [-0.05, 0) is 61.9 Å². The molecule has 0 bridgehead atoms. The summed E-state index contributed by atoms with van der Waals surface area (Å²) in [5.74, 6) is 0.158. The van der Waals surface area contributed by atoms with Crippen molar-refractivity contribution in [1.82, 2.24) is 10.3 Å². The second kappa shape index (κ2) is 9.80. The second-order valence-electron chi connectivity index (χ2n) is 6.83. The van der Waals surface area contributed by atoms with E-state index in [1.807, 2.05) is 13.8 Å². The van der Waals surface area contributed by atoms with Crippen LogP contribution in [0.2, 0.25) is 5.02 Å². The number of rotatable bonds is 8. The molecular weight excluding hydrogens is 438 g/mol. The second-order valence-corrected chi connectivity index (χ2v) is 8.95. The van der Waals surface area contributed by atoms with Crippen LogP contribution in [0.25, 0.3) is 0 Å². The van der Waals surface area contributed by atoms with E-state index >= 15 is 0 Å². The molecule has 2 N–H and O–H groups in total. The molecule has 0 spiro atoms. The Bertz CT molecular complexity index is 1170. The van der Waals surface area contributed by atoms with Crippen molar-refractivity contribution in [3.05, 3.63) is 77.4 Å². The molecule has 2 aromatic carbocycles. The smallest absolute Gasteiger partial charge is 0.261 e. The number of nitrogens with one attached hydrogen (secondary N) is 2. The van der Waals surface area contributed by atoms with Crippen molar-refractivity contribution in [2.45, 2.75) is 31.2 Å². The number of nitrogens with zero attached hydrogens (tertiary/aromatic N) is 1. The number of carbonyl (C=O) groups excluding carboxylic acids is 1. The van der Waals surface area contributed by atoms with Gasteiger partial charge >= 0.3 is 0 Å². The van der Waals surface area contributed by atoms with Gasteiger partial charge in [0.2, 0.25) is 5.88 Å². The van der Waals surface area contributed by atoms with Gasteiger partial charge in [0.15, 0.2) is 0 Å². The Labute approximate surface area is 186 Å². The van der Waals surface area contributed by atoms with Crippen LogP contribution >= 0.6 is 11.6 Å². The molecule has 0 aliphatic rings. The minimum Gasteiger partial charge on any atom is -0.438 e. The third-order valence-corrected chi connectivity index (χ3v) is 6.08. The van der Waals surface area contributed by atoms with Gasteiger partial charge in [-0.3, -0.25) is 9.52 Å². The van der Waals surface area contributed by atoms with Crippen LogP contribution in [0, 0.1) is 0 Å². The Hall–Kier alpha value is -3.10. The molecular formula is C22H22ClN3O4S. The molecule has 7 nitrogen and oxygen atoms in total. The van der Waals surface area contributed by atoms with E-state index in [1.165, 1.54) is 36.5 Å². The average Bonchev–Trinajstić information content (AvgIpc) is 2.74. The maximum Gasteiger partial charge on any atom is 0.261 e. The van der Waals surface area contributed by atoms with Crippen LogP contribution in [-0.2, 0) is 10.0 Å². The standard InChI is InChI=1S/C22H22ClN3O4S/c1-3-15(2)25-21(27)20-8-5-13-24-22(20)30-18-7-4-6-17(14-18)26-31(28,29)19-11-9-16(23)10-12-19/h4-15,26H,3H2,1-2H3,(H,25,27). The highest BCUT2D eigenvalue weighted by atomic mass is 35.5. The predicted octanol–water partition coefficient (Wildman–Crippen LogP) is 4.86. The number of carbonyl (C=O) groups is 1. The minimum atomic E-state index is -3.80. The first-order valence-corrected chi connectivity index (χ1v) is 11.5. The van der Waals surface area contributed by atoms with Crippen LogP contribution in [0.3, 0.4) is 0 Å². The van der Waals surface area contributed by atoms with Gasteiger partial charge in [-0.15, -0.1) is 0 Å². The van der Waals surface area contributed by atoms with Crippen LogP contribution in [0.1, 0.15) is 30.6 Å². The largest absolute Gasteiger partial charge is 0.438 e. The molecule has 1 aromatic heterocycles. The Morgan fingerprint density at radius 1 is 1.13 bits per heavy atom. The van der Waals surface area contributed by atoms with Gasteiger partial charge in [-0.1, -0.05) is 24.6 Å². The summed E-state index contributed by atoms with van der Waals surface area (Å²) >= 11 is 5.82. The van der Waals surface area contributed by atoms with Crippen molar-refractivity contribution in [3.63, 3.8) is 0 Å². The molecule has 0 radical (unpaired) electrons. The summed E-state index contributed by atoms with van der Waals surface area (Å²) in [5, 5.41) is 3.32. The predicted molar refractivity (Wildman–Crippen MR) is 120 cm³/mol. The number of anilines is 1. The van der Waals surface area contributed by atoms with Gasteiger partial charge in [0.25, 0.3) is 15.9 Å². The number of ether oxygens (including phenoxy) is 1. The van der Waals surface area contributed by atoms with E-state index in [0.29, 0.717) is 16.5 Å². The van der Waals surface area contributed by atoms with Gasteiger partial charge in [0, 0.05) is 23.3 Å². The van der Waals surface area contributed by atoms with Crippen molar-refractivity contribution in [2.24, 2.45) is 0 Å². The van der Waals surface area contributed by atoms with Crippen LogP contribution in [-0.4, -0.2) is 25.4 Å². The molecule has 1 atom stereocenters. The molecule has 1 amide bonds. The average molecular weight is 460 g/mol. The molecule has 3 rings (SSSR count). The Morgan fingerprint density at radius 2 is 1.87 bits per heavy atom. The van der Waals surface area contributed by atoms with E-state index in [4.69, 9.17) is 16.3 Å². The first-order valence-electron chi connectivity index (χ1n) is 9.60. The lowest BCUT2D eigenvalue weighted by Gasteiger charge is -2.14. The number of pyridine rings is 1. The van der Waals surface area contributed by atoms with Gasteiger partial charge in [0.05, 0.1) is 10.6 Å². The molecule has 0 fully saturated rings. The monoisotopic (exact) mass is 459 g/mol. The normalized spacial score (nSPS) is 12.1. The van der Waals surface area contributed by atoms with Crippen molar-refractivity contribution in [3.8, 4) is 11.6 Å². The molecule has 0 aliphatic heterocycles. The van der Waals surface area contributed by atoms with Crippen molar-refractivity contribution >= 4 is 33.2 Å². The molecule has 9 heteroatoms. The van der Waals surface area contributed by atoms with Crippen LogP contribution in [0.5, 0.6) is 11.6 Å². The highest BCUT2D eigenvalue weighted by Gasteiger charge is 2.17. The Kier molecular flexibility index (Phi) is 7.14. The topological polar surface area (TPSA) is 97.4 Å². The fourth-order valence-electron chi connectivity index (χ4n) is 2.61. The number of benzene rings is 2. The summed E-state index contributed by atoms with van der Waals surface area (Å²) in [5.41, 5.74) is 0.587. The SMILES string of the molecule is CCC(C)NC(=O)c1cccnc1Oc1cccc(NS(=O)(=O)c2ccc(Cl)cc2)c1. The van der Waals surface area contributed by atoms with E-state index in [1.54, 1.807) is 30.3 Å². The van der Waals surface area contributed by atoms with Gasteiger partial charge in [0.1, 0.15) is 11.3 Å². The van der Waals surface area contributed by atoms with Crippen molar-refractivity contribution in [1.29, 1.82) is 0 Å². The third kappa shape index (κ3) is 5.96. The van der Waals surface area contributed by atoms with E-state index in [0.717, 1.165) is 6.42 Å². The molecule has 0 saturated heterocycles. The number of sulfonamides is 1. The van der Waals surface area contributed by atoms with E-state index < -0.39 is 10.0 Å². The van der Waals surface area contributed by atoms with Crippen LogP contribution in [0.15, 0.2) is 71.8 Å². The van der Waals surface area contributed by atoms with Crippen molar-refractivity contribution in [2.75, 3.05) is 4.72 Å². The van der Waals surface area contributed by atoms with Gasteiger partial charge in [-0.25, -0.2) is 13.4 Å². The lowest BCUT2D eigenvalue weighted by Crippen LogP contribution is -2.32. The summed E-state index contributed by atoms with van der Waals surface area (Å²) < 4.78 is 33.5. The first-order chi connectivity index (χ1) is 14.8. The summed E-state index contributed by atoms with van der Waals surface area (Å²) in [6.45, 7) is 3.88. The molecule has 1 heterocycles. The van der Waals surface area contributed by atoms with E-state index in [-0.39, 0.29) is 28.3 Å². The van der Waals surface area contributed by atoms with Gasteiger partial charge < -0.3 is 10.1 Å². The summed E-state index contributed by atoms with van der Waals surface area (Å²) in [7, 11) is -3.80. The van der Waals surface area contributed by atoms with E-state index in [9.17, 15) is 13.2 Å². The summed E-state index contributed by atoms with van der Waals surface area (Å²) in [6.07, 6.45) is 2.31. The maximum absolute atomic E-state index is 12.6. The highest BCUT2D eigenvalue weighted by molar-refractivity contribution is 7.92. The molecule has 162 valence electrons. The number of amides is 1. The first kappa shape index (κ1) is 22.6. The number of hydrogen-bond acceptors (Lipinski definition) is 5. The highest BCUT2D eigenvalue weighted by Crippen LogP contribution is 2.27. The van der Waals surface area contributed by atoms with Gasteiger partial charge in [-0.2, -0.15) is 0 Å². The number of hydrogen-bond donors (Lipinski definition) is 2. The summed E-state index contributed by atoms with van der Waals surface area (Å²) in [6, 6.07) is 15.5. The Morgan fingerprint density at radius 3 is 2.58 bits per heavy atom. The van der Waals surface area contributed by atoms with E-state index in [2.05, 4.69) is 15.0 Å². The maximum atomic E-state index is 12.6. The Balaban J connectivity index is 1.80. The molecule has 0 saturated carbocycles. The fourth-order valence-corrected chi connectivity index (χ4v) is 3.79. The fraction of sp³-hybridized carbons (Fsp3) is 0.182. The molecule has 1 unspecified atom stereocenters. The molecule has 0 aliphatic carbocycles. The zero-order valence-corrected chi connectivity index (χ0v) is 18.6. The minimum absolute atomic E-state index is 0.00570. The lowest BCUT2D eigenvalue weighted by atomic mass is 10.2. The zero-order chi connectivity index (χ0) is 22.4. The molecule has 31 heavy (non-hydrogen) atoms. The van der Waals surface area contributed by atoms with Crippen molar-refractivity contribution < 1.29 is 17.9 Å². The van der Waals surface area contributed by atoms with Crippen LogP contribution < -0.4 is 14.8 Å². The third-order valence-electron chi connectivity index (χ3n) is 4.43. The zero-order valence-electron chi connectivity index (χ0n) is 17.0. The summed E-state index contributed by atoms with van der Waals surface area (Å²) in [4.78, 5) is 16.8. The lowest BCUT2D eigenvalue weighted by molar-refractivity contribution is 0.0936. The number of halogens is 1. The molecule has 3 aromatic rings. The quantitative estimate of drug-likeness (QED) is 0.501. The van der Waals surface area contributed by atoms with Crippen LogP contribution in [0.4, 0.5) is 5.69 Å².